The van der Waals surface area contributed by atoms with Crippen LogP contribution in [0.3, 0.4) is 0 Å². The Kier molecular flexibility index (Phi) is 3.95. The molecule has 2 aliphatic heterocycles. The molecule has 0 spiro atoms. The number of nitrogens with zero attached hydrogens (tertiary/aromatic N) is 1. The molecule has 1 aromatic rings. The minimum Gasteiger partial charge on any atom is -0.390 e. The molecule has 2 bridgehead atoms. The van der Waals surface area contributed by atoms with Crippen LogP contribution >= 0.6 is 0 Å². The van der Waals surface area contributed by atoms with Crippen molar-refractivity contribution in [2.45, 2.75) is 56.0 Å². The molecular weight excluding hydrogens is 304 g/mol. The number of hydrogen-bond acceptors (Lipinski definition) is 4. The zero-order valence-electron chi connectivity index (χ0n) is 13.6. The maximum atomic E-state index is 13.0. The molecule has 2 heterocycles. The first-order valence-electron chi connectivity index (χ1n) is 8.76. The number of nitrogens with two attached hydrogens (primary N) is 1. The third-order valence-electron chi connectivity index (χ3n) is 5.84. The third-order valence-corrected chi connectivity index (χ3v) is 5.84. The minimum absolute atomic E-state index is 0.0506. The van der Waals surface area contributed by atoms with Crippen molar-refractivity contribution >= 4 is 11.5 Å². The van der Waals surface area contributed by atoms with Gasteiger partial charge in [0, 0.05) is 12.1 Å². The molecular formula is C19H24N2O3. The lowest BCUT2D eigenvalue weighted by atomic mass is 9.93. The first-order chi connectivity index (χ1) is 11.6. The Hall–Kier alpha value is -1.69. The lowest BCUT2D eigenvalue weighted by Crippen LogP contribution is -2.48. The van der Waals surface area contributed by atoms with Gasteiger partial charge in [0.2, 0.25) is 5.91 Å². The maximum Gasteiger partial charge on any atom is 0.229 e. The summed E-state index contributed by atoms with van der Waals surface area (Å²) in [6, 6.07) is 10.1. The van der Waals surface area contributed by atoms with Crippen LogP contribution in [0.1, 0.15) is 31.2 Å². The lowest BCUT2D eigenvalue weighted by Gasteiger charge is -2.36. The molecule has 1 aromatic carbocycles. The van der Waals surface area contributed by atoms with Crippen molar-refractivity contribution in [3.63, 3.8) is 0 Å². The van der Waals surface area contributed by atoms with E-state index < -0.39 is 24.2 Å². The number of carbonyl (C=O) groups excluding carboxylic acids is 1. The van der Waals surface area contributed by atoms with E-state index in [0.717, 1.165) is 19.3 Å². The Balaban J connectivity index is 1.56. The van der Waals surface area contributed by atoms with Gasteiger partial charge in [-0.1, -0.05) is 36.4 Å². The van der Waals surface area contributed by atoms with Crippen LogP contribution in [-0.2, 0) is 4.79 Å². The van der Waals surface area contributed by atoms with Crippen molar-refractivity contribution in [2.75, 3.05) is 0 Å². The summed E-state index contributed by atoms with van der Waals surface area (Å²) >= 11 is 0. The van der Waals surface area contributed by atoms with Crippen molar-refractivity contribution < 1.29 is 15.0 Å². The summed E-state index contributed by atoms with van der Waals surface area (Å²) in [5, 5.41) is 20.0. The predicted octanol–water partition coefficient (Wildman–Crippen LogP) is 0.902. The smallest absolute Gasteiger partial charge is 0.229 e. The summed E-state index contributed by atoms with van der Waals surface area (Å²) < 4.78 is 0. The third kappa shape index (κ3) is 2.48. The molecule has 0 radical (unpaired) electrons. The van der Waals surface area contributed by atoms with Gasteiger partial charge in [-0.25, -0.2) is 0 Å². The van der Waals surface area contributed by atoms with Crippen LogP contribution in [0.5, 0.6) is 0 Å². The van der Waals surface area contributed by atoms with Crippen LogP contribution in [0.4, 0.5) is 0 Å². The van der Waals surface area contributed by atoms with Crippen molar-refractivity contribution in [3.05, 3.63) is 42.0 Å². The van der Waals surface area contributed by atoms with E-state index in [-0.39, 0.29) is 18.0 Å². The van der Waals surface area contributed by atoms with Crippen LogP contribution in [-0.4, -0.2) is 51.4 Å². The maximum absolute atomic E-state index is 13.0. The number of rotatable bonds is 2. The summed E-state index contributed by atoms with van der Waals surface area (Å²) in [7, 11) is 0. The van der Waals surface area contributed by atoms with E-state index in [0.29, 0.717) is 6.42 Å². The van der Waals surface area contributed by atoms with Gasteiger partial charge in [-0.3, -0.25) is 4.79 Å². The quantitative estimate of drug-likeness (QED) is 0.753. The molecule has 1 aliphatic carbocycles. The Morgan fingerprint density at radius 3 is 2.50 bits per heavy atom. The van der Waals surface area contributed by atoms with Crippen molar-refractivity contribution in [1.82, 2.24) is 4.90 Å². The fraction of sp³-hybridized carbons (Fsp3) is 0.526. The summed E-state index contributed by atoms with van der Waals surface area (Å²) in [6.07, 6.45) is 3.30. The molecule has 6 atom stereocenters. The first-order valence-corrected chi connectivity index (χ1v) is 8.76. The van der Waals surface area contributed by atoms with E-state index in [2.05, 4.69) is 18.2 Å². The van der Waals surface area contributed by atoms with Crippen LogP contribution < -0.4 is 5.73 Å². The van der Waals surface area contributed by atoms with Gasteiger partial charge in [-0.05, 0) is 36.8 Å². The number of aliphatic hydroxyl groups excluding tert-OH is 2. The number of amides is 1. The number of fused-ring (bicyclic) bond motifs is 2. The largest absolute Gasteiger partial charge is 0.390 e. The average molecular weight is 328 g/mol. The monoisotopic (exact) mass is 328 g/mol. The van der Waals surface area contributed by atoms with Crippen LogP contribution in [0.25, 0.3) is 5.57 Å². The Labute approximate surface area is 141 Å². The van der Waals surface area contributed by atoms with Crippen LogP contribution in [0.15, 0.2) is 36.4 Å². The first kappa shape index (κ1) is 15.8. The number of aliphatic hydroxyl groups is 2. The molecule has 4 rings (SSSR count). The molecule has 1 saturated heterocycles. The molecule has 0 aromatic heterocycles. The SMILES string of the molecule is N[C@@H]1C[C@H](C(=O)N2C3C=C(c4ccccc4)CC2CC3)[C@@H](O)[C@H]1O. The minimum atomic E-state index is -1.05. The van der Waals surface area contributed by atoms with E-state index in [1.54, 1.807) is 0 Å². The fourth-order valence-corrected chi connectivity index (χ4v) is 4.54. The summed E-state index contributed by atoms with van der Waals surface area (Å²) in [5.41, 5.74) is 8.34. The highest BCUT2D eigenvalue weighted by Gasteiger charge is 2.49. The Bertz CT molecular complexity index is 660. The molecule has 1 amide bonds. The predicted molar refractivity (Wildman–Crippen MR) is 90.8 cm³/mol. The Morgan fingerprint density at radius 1 is 1.12 bits per heavy atom. The summed E-state index contributed by atoms with van der Waals surface area (Å²) in [6.45, 7) is 0. The fourth-order valence-electron chi connectivity index (χ4n) is 4.54. The Morgan fingerprint density at radius 2 is 1.88 bits per heavy atom. The van der Waals surface area contributed by atoms with Crippen LogP contribution in [0.2, 0.25) is 0 Å². The normalized spacial score (nSPS) is 38.3. The van der Waals surface area contributed by atoms with Gasteiger partial charge >= 0.3 is 0 Å². The lowest BCUT2D eigenvalue weighted by molar-refractivity contribution is -0.141. The van der Waals surface area contributed by atoms with Gasteiger partial charge in [0.05, 0.1) is 24.2 Å². The summed E-state index contributed by atoms with van der Waals surface area (Å²) in [4.78, 5) is 14.9. The number of carbonyl (C=O) groups is 1. The van der Waals surface area contributed by atoms with E-state index in [9.17, 15) is 15.0 Å². The van der Waals surface area contributed by atoms with Crippen molar-refractivity contribution in [3.8, 4) is 0 Å². The number of benzene rings is 1. The van der Waals surface area contributed by atoms with Gasteiger partial charge in [-0.15, -0.1) is 0 Å². The van der Waals surface area contributed by atoms with E-state index in [1.807, 2.05) is 23.1 Å². The molecule has 1 saturated carbocycles. The molecule has 128 valence electrons. The van der Waals surface area contributed by atoms with Gasteiger partial charge < -0.3 is 20.8 Å². The van der Waals surface area contributed by atoms with E-state index in [1.165, 1.54) is 11.1 Å². The number of hydrogen-bond donors (Lipinski definition) is 3. The topological polar surface area (TPSA) is 86.8 Å². The molecule has 5 heteroatoms. The zero-order valence-corrected chi connectivity index (χ0v) is 13.6. The van der Waals surface area contributed by atoms with Crippen LogP contribution in [0, 0.1) is 5.92 Å². The van der Waals surface area contributed by atoms with Gasteiger partial charge in [-0.2, -0.15) is 0 Å². The highest BCUT2D eigenvalue weighted by molar-refractivity contribution is 5.83. The zero-order chi connectivity index (χ0) is 16.8. The van der Waals surface area contributed by atoms with Crippen molar-refractivity contribution in [1.29, 1.82) is 0 Å². The second-order valence-electron chi connectivity index (χ2n) is 7.29. The molecule has 2 unspecified atom stereocenters. The highest BCUT2D eigenvalue weighted by atomic mass is 16.3. The molecule has 4 N–H and O–H groups in total. The van der Waals surface area contributed by atoms with Gasteiger partial charge in [0.25, 0.3) is 0 Å². The average Bonchev–Trinajstić information content (AvgIpc) is 3.02. The van der Waals surface area contributed by atoms with Gasteiger partial charge in [0.15, 0.2) is 0 Å². The summed E-state index contributed by atoms with van der Waals surface area (Å²) in [5.74, 6) is -0.630. The van der Waals surface area contributed by atoms with Crippen molar-refractivity contribution in [2.24, 2.45) is 11.7 Å². The van der Waals surface area contributed by atoms with Gasteiger partial charge in [0.1, 0.15) is 0 Å². The molecule has 2 fully saturated rings. The van der Waals surface area contributed by atoms with E-state index in [4.69, 9.17) is 5.73 Å². The second kappa shape index (κ2) is 5.99. The molecule has 3 aliphatic rings. The highest BCUT2D eigenvalue weighted by Crippen LogP contribution is 2.40. The molecule has 24 heavy (non-hydrogen) atoms. The van der Waals surface area contributed by atoms with E-state index >= 15 is 0 Å². The molecule has 5 nitrogen and oxygen atoms in total. The second-order valence-corrected chi connectivity index (χ2v) is 7.29. The standard InChI is InChI=1S/C19H24N2O3/c20-16-10-15(17(22)18(16)23)19(24)21-13-6-7-14(21)9-12(8-13)11-4-2-1-3-5-11/h1-5,8,13-18,22-23H,6-7,9-10,20H2/t13?,14?,15-,16+,17+,18-/m0/s1.